The molecule has 0 N–H and O–H groups in total. The molecule has 4 heteroatoms. The summed E-state index contributed by atoms with van der Waals surface area (Å²) in [6.07, 6.45) is 4.63. The first kappa shape index (κ1) is 14.6. The molecule has 1 aliphatic carbocycles. The topological polar surface area (TPSA) is 34.9 Å². The molecule has 1 heterocycles. The molecule has 0 spiro atoms. The van der Waals surface area contributed by atoms with Crippen molar-refractivity contribution in [3.8, 4) is 0 Å². The van der Waals surface area contributed by atoms with E-state index in [1.165, 1.54) is 19.3 Å². The molecular formula is C17H21ClN2O. The molecule has 112 valence electrons. The van der Waals surface area contributed by atoms with Crippen LogP contribution < -0.4 is 5.56 Å². The second-order valence-corrected chi connectivity index (χ2v) is 6.76. The Bertz CT molecular complexity index is 707. The van der Waals surface area contributed by atoms with E-state index in [9.17, 15) is 4.79 Å². The van der Waals surface area contributed by atoms with Crippen LogP contribution in [0.15, 0.2) is 29.1 Å². The van der Waals surface area contributed by atoms with Gasteiger partial charge in [-0.25, -0.2) is 4.98 Å². The molecule has 1 aliphatic rings. The number of benzene rings is 1. The largest absolute Gasteiger partial charge is 0.291 e. The van der Waals surface area contributed by atoms with E-state index in [-0.39, 0.29) is 17.0 Å². The highest BCUT2D eigenvalue weighted by atomic mass is 35.5. The van der Waals surface area contributed by atoms with Gasteiger partial charge in [0.1, 0.15) is 5.82 Å². The van der Waals surface area contributed by atoms with Crippen molar-refractivity contribution in [2.45, 2.75) is 50.9 Å². The van der Waals surface area contributed by atoms with Gasteiger partial charge in [-0.05, 0) is 37.8 Å². The second-order valence-electron chi connectivity index (χ2n) is 6.11. The molecule has 0 radical (unpaired) electrons. The van der Waals surface area contributed by atoms with E-state index in [1.807, 2.05) is 35.8 Å². The first-order valence-electron chi connectivity index (χ1n) is 7.75. The Morgan fingerprint density at radius 3 is 2.71 bits per heavy atom. The fraction of sp³-hybridized carbons (Fsp3) is 0.529. The maximum atomic E-state index is 13.0. The molecule has 0 bridgehead atoms. The first-order valence-corrected chi connectivity index (χ1v) is 8.18. The number of rotatable bonds is 2. The molecule has 0 saturated heterocycles. The Labute approximate surface area is 130 Å². The maximum absolute atomic E-state index is 13.0. The zero-order chi connectivity index (χ0) is 15.0. The van der Waals surface area contributed by atoms with Crippen molar-refractivity contribution in [1.82, 2.24) is 9.55 Å². The quantitative estimate of drug-likeness (QED) is 0.768. The Hall–Kier alpha value is -1.35. The minimum atomic E-state index is -0.267. The van der Waals surface area contributed by atoms with Crippen LogP contribution in [0.2, 0.25) is 0 Å². The van der Waals surface area contributed by atoms with Crippen LogP contribution >= 0.6 is 11.6 Å². The summed E-state index contributed by atoms with van der Waals surface area (Å²) in [5, 5.41) is 0.424. The number of halogens is 1. The van der Waals surface area contributed by atoms with Crippen LogP contribution in [0, 0.1) is 5.92 Å². The summed E-state index contributed by atoms with van der Waals surface area (Å²) in [7, 11) is 0. The van der Waals surface area contributed by atoms with E-state index in [1.54, 1.807) is 0 Å². The third kappa shape index (κ3) is 2.59. The monoisotopic (exact) mass is 304 g/mol. The molecule has 3 rings (SSSR count). The lowest BCUT2D eigenvalue weighted by molar-refractivity contribution is 0.246. The van der Waals surface area contributed by atoms with Crippen LogP contribution in [0.25, 0.3) is 10.9 Å². The molecule has 3 atom stereocenters. The van der Waals surface area contributed by atoms with E-state index in [0.29, 0.717) is 17.1 Å². The third-order valence-electron chi connectivity index (χ3n) is 4.59. The summed E-state index contributed by atoms with van der Waals surface area (Å²) in [5.41, 5.74) is 0.798. The van der Waals surface area contributed by atoms with E-state index >= 15 is 0 Å². The van der Waals surface area contributed by atoms with E-state index < -0.39 is 0 Å². The number of nitrogens with zero attached hydrogens (tertiary/aromatic N) is 2. The van der Waals surface area contributed by atoms with Gasteiger partial charge < -0.3 is 0 Å². The Balaban J connectivity index is 2.26. The number of aromatic nitrogens is 2. The average Bonchev–Trinajstić information content (AvgIpc) is 2.48. The molecule has 3 unspecified atom stereocenters. The van der Waals surface area contributed by atoms with E-state index in [0.717, 1.165) is 11.9 Å². The Morgan fingerprint density at radius 2 is 2.00 bits per heavy atom. The molecule has 1 fully saturated rings. The highest BCUT2D eigenvalue weighted by Gasteiger charge is 2.28. The predicted molar refractivity (Wildman–Crippen MR) is 86.9 cm³/mol. The normalized spacial score (nSPS) is 24.1. The van der Waals surface area contributed by atoms with Crippen molar-refractivity contribution in [2.75, 3.05) is 0 Å². The zero-order valence-corrected chi connectivity index (χ0v) is 13.3. The Morgan fingerprint density at radius 1 is 1.29 bits per heavy atom. The second kappa shape index (κ2) is 5.80. The van der Waals surface area contributed by atoms with Crippen LogP contribution in [0.5, 0.6) is 0 Å². The Kier molecular flexibility index (Phi) is 4.03. The average molecular weight is 305 g/mol. The lowest BCUT2D eigenvalue weighted by atomic mass is 9.85. The third-order valence-corrected chi connectivity index (χ3v) is 4.78. The van der Waals surface area contributed by atoms with Gasteiger partial charge in [0, 0.05) is 6.04 Å². The van der Waals surface area contributed by atoms with Gasteiger partial charge in [-0.3, -0.25) is 9.36 Å². The summed E-state index contributed by atoms with van der Waals surface area (Å²) in [6.45, 7) is 4.12. The molecule has 21 heavy (non-hydrogen) atoms. The lowest BCUT2D eigenvalue weighted by Crippen LogP contribution is -2.34. The van der Waals surface area contributed by atoms with Gasteiger partial charge in [0.25, 0.3) is 5.56 Å². The number of fused-ring (bicyclic) bond motifs is 1. The number of hydrogen-bond donors (Lipinski definition) is 0. The van der Waals surface area contributed by atoms with Gasteiger partial charge in [-0.2, -0.15) is 0 Å². The molecule has 0 amide bonds. The van der Waals surface area contributed by atoms with Gasteiger partial charge >= 0.3 is 0 Å². The summed E-state index contributed by atoms with van der Waals surface area (Å²) in [6, 6.07) is 7.76. The van der Waals surface area contributed by atoms with Crippen LogP contribution in [0.1, 0.15) is 56.8 Å². The highest BCUT2D eigenvalue weighted by molar-refractivity contribution is 6.20. The van der Waals surface area contributed by atoms with E-state index in [2.05, 4.69) is 11.9 Å². The molecule has 1 saturated carbocycles. The van der Waals surface area contributed by atoms with Gasteiger partial charge in [0.05, 0.1) is 16.3 Å². The van der Waals surface area contributed by atoms with E-state index in [4.69, 9.17) is 11.6 Å². The summed E-state index contributed by atoms with van der Waals surface area (Å²) < 4.78 is 1.88. The number of hydrogen-bond acceptors (Lipinski definition) is 2. The smallest absolute Gasteiger partial charge is 0.261 e. The van der Waals surface area contributed by atoms with Crippen molar-refractivity contribution in [1.29, 1.82) is 0 Å². The summed E-state index contributed by atoms with van der Waals surface area (Å²) in [5.74, 6) is 1.20. The minimum Gasteiger partial charge on any atom is -0.291 e. The van der Waals surface area contributed by atoms with Crippen LogP contribution in [0.3, 0.4) is 0 Å². The summed E-state index contributed by atoms with van der Waals surface area (Å²) >= 11 is 6.33. The van der Waals surface area contributed by atoms with Crippen molar-refractivity contribution in [3.63, 3.8) is 0 Å². The molecule has 0 aliphatic heterocycles. The van der Waals surface area contributed by atoms with Crippen LogP contribution in [-0.4, -0.2) is 9.55 Å². The summed E-state index contributed by atoms with van der Waals surface area (Å²) in [4.78, 5) is 17.6. The predicted octanol–water partition coefficient (Wildman–Crippen LogP) is 4.45. The van der Waals surface area contributed by atoms with Crippen molar-refractivity contribution < 1.29 is 0 Å². The molecule has 3 nitrogen and oxygen atoms in total. The fourth-order valence-electron chi connectivity index (χ4n) is 3.44. The molecule has 1 aromatic carbocycles. The highest BCUT2D eigenvalue weighted by Crippen LogP contribution is 2.35. The number of para-hydroxylation sites is 1. The molecule has 2 aromatic rings. The van der Waals surface area contributed by atoms with Crippen molar-refractivity contribution >= 4 is 22.5 Å². The van der Waals surface area contributed by atoms with Crippen molar-refractivity contribution in [3.05, 3.63) is 40.4 Å². The maximum Gasteiger partial charge on any atom is 0.261 e. The van der Waals surface area contributed by atoms with Crippen LogP contribution in [-0.2, 0) is 0 Å². The van der Waals surface area contributed by atoms with Gasteiger partial charge in [-0.1, -0.05) is 31.9 Å². The zero-order valence-electron chi connectivity index (χ0n) is 12.6. The molecule has 1 aromatic heterocycles. The van der Waals surface area contributed by atoms with Crippen molar-refractivity contribution in [2.24, 2.45) is 5.92 Å². The first-order chi connectivity index (χ1) is 10.1. The molecular weight excluding hydrogens is 284 g/mol. The van der Waals surface area contributed by atoms with Gasteiger partial charge in [0.2, 0.25) is 0 Å². The SMILES string of the molecule is CC(Cl)c1nc2ccccc2c(=O)n1C1CCCCC1C. The van der Waals surface area contributed by atoms with Gasteiger partial charge in [0.15, 0.2) is 0 Å². The minimum absolute atomic E-state index is 0.0573. The van der Waals surface area contributed by atoms with Crippen LogP contribution in [0.4, 0.5) is 0 Å². The number of alkyl halides is 1. The lowest BCUT2D eigenvalue weighted by Gasteiger charge is -2.32. The fourth-order valence-corrected chi connectivity index (χ4v) is 3.60. The standard InChI is InChI=1S/C17H21ClN2O/c1-11-7-3-6-10-15(11)20-16(12(2)18)19-14-9-5-4-8-13(14)17(20)21/h4-5,8-9,11-12,15H,3,6-7,10H2,1-2H3. The van der Waals surface area contributed by atoms with Gasteiger partial charge in [-0.15, -0.1) is 11.6 Å².